The molecule has 0 aliphatic rings. The van der Waals surface area contributed by atoms with E-state index in [1.165, 1.54) is 51.0 Å². The Balaban J connectivity index is 2.03. The number of hydrogen-bond donors (Lipinski definition) is 1. The number of rotatable bonds is 13. The first-order chi connectivity index (χ1) is 11.6. The molecule has 1 N–H and O–H groups in total. The lowest BCUT2D eigenvalue weighted by Gasteiger charge is -2.14. The van der Waals surface area contributed by atoms with Crippen molar-refractivity contribution >= 4 is 5.97 Å². The van der Waals surface area contributed by atoms with Crippen LogP contribution in [0.1, 0.15) is 71.6 Å². The van der Waals surface area contributed by atoms with Crippen LogP contribution in [0, 0.1) is 0 Å². The second-order valence-electron chi connectivity index (χ2n) is 6.25. The summed E-state index contributed by atoms with van der Waals surface area (Å²) in [7, 11) is 0. The van der Waals surface area contributed by atoms with E-state index in [4.69, 9.17) is 9.47 Å². The zero-order chi connectivity index (χ0) is 17.6. The van der Waals surface area contributed by atoms with Crippen molar-refractivity contribution in [3.63, 3.8) is 0 Å². The van der Waals surface area contributed by atoms with E-state index in [1.807, 2.05) is 0 Å². The second-order valence-corrected chi connectivity index (χ2v) is 6.25. The van der Waals surface area contributed by atoms with Gasteiger partial charge in [0, 0.05) is 6.07 Å². The molecule has 4 heteroatoms. The molecule has 0 aliphatic heterocycles. The highest BCUT2D eigenvalue weighted by Crippen LogP contribution is 2.19. The normalized spacial score (nSPS) is 11.9. The van der Waals surface area contributed by atoms with Crippen molar-refractivity contribution in [2.45, 2.75) is 77.7 Å². The van der Waals surface area contributed by atoms with Gasteiger partial charge in [0.25, 0.3) is 0 Å². The van der Waals surface area contributed by atoms with E-state index in [9.17, 15) is 9.90 Å². The molecule has 0 aliphatic carbocycles. The standard InChI is InChI=1S/C20H32O4/c1-3-4-5-6-7-8-9-10-11-15-23-20(22)17(2)24-19-14-12-13-18(21)16-19/h12-14,16-17,21H,3-11,15H2,1-2H3. The van der Waals surface area contributed by atoms with Gasteiger partial charge < -0.3 is 14.6 Å². The van der Waals surface area contributed by atoms with E-state index >= 15 is 0 Å². The molecule has 0 heterocycles. The number of unbranched alkanes of at least 4 members (excludes halogenated alkanes) is 8. The Morgan fingerprint density at radius 3 is 2.29 bits per heavy atom. The third-order valence-corrected chi connectivity index (χ3v) is 3.95. The smallest absolute Gasteiger partial charge is 0.347 e. The van der Waals surface area contributed by atoms with Crippen molar-refractivity contribution in [1.29, 1.82) is 0 Å². The SMILES string of the molecule is CCCCCCCCCCCOC(=O)C(C)Oc1cccc(O)c1. The summed E-state index contributed by atoms with van der Waals surface area (Å²) >= 11 is 0. The Labute approximate surface area is 146 Å². The lowest BCUT2D eigenvalue weighted by molar-refractivity contribution is -0.151. The number of carbonyl (C=O) groups excluding carboxylic acids is 1. The van der Waals surface area contributed by atoms with Gasteiger partial charge in [-0.3, -0.25) is 0 Å². The van der Waals surface area contributed by atoms with Crippen molar-refractivity contribution in [3.8, 4) is 11.5 Å². The minimum Gasteiger partial charge on any atom is -0.508 e. The molecule has 24 heavy (non-hydrogen) atoms. The molecule has 4 nitrogen and oxygen atoms in total. The van der Waals surface area contributed by atoms with E-state index in [-0.39, 0.29) is 11.7 Å². The zero-order valence-corrected chi connectivity index (χ0v) is 15.1. The number of phenolic OH excluding ortho intramolecular Hbond substituents is 1. The topological polar surface area (TPSA) is 55.8 Å². The van der Waals surface area contributed by atoms with Crippen molar-refractivity contribution in [1.82, 2.24) is 0 Å². The van der Waals surface area contributed by atoms with E-state index in [2.05, 4.69) is 6.92 Å². The van der Waals surface area contributed by atoms with Crippen LogP contribution < -0.4 is 4.74 Å². The van der Waals surface area contributed by atoms with Crippen LogP contribution in [0.3, 0.4) is 0 Å². The predicted molar refractivity (Wildman–Crippen MR) is 96.4 cm³/mol. The Bertz CT molecular complexity index is 459. The molecule has 0 aromatic heterocycles. The van der Waals surface area contributed by atoms with E-state index in [1.54, 1.807) is 25.1 Å². The molecular formula is C20H32O4. The summed E-state index contributed by atoms with van der Waals surface area (Å²) in [5.74, 6) is 0.211. The monoisotopic (exact) mass is 336 g/mol. The van der Waals surface area contributed by atoms with Crippen molar-refractivity contribution in [2.75, 3.05) is 6.61 Å². The van der Waals surface area contributed by atoms with Crippen LogP contribution in [0.2, 0.25) is 0 Å². The number of benzene rings is 1. The lowest BCUT2D eigenvalue weighted by Crippen LogP contribution is -2.26. The van der Waals surface area contributed by atoms with Gasteiger partial charge in [0.2, 0.25) is 0 Å². The molecule has 1 atom stereocenters. The fraction of sp³-hybridized carbons (Fsp3) is 0.650. The maximum atomic E-state index is 11.9. The predicted octanol–water partition coefficient (Wildman–Crippen LogP) is 5.23. The van der Waals surface area contributed by atoms with Crippen LogP contribution in [0.4, 0.5) is 0 Å². The molecule has 0 fully saturated rings. The van der Waals surface area contributed by atoms with Gasteiger partial charge >= 0.3 is 5.97 Å². The Morgan fingerprint density at radius 2 is 1.67 bits per heavy atom. The van der Waals surface area contributed by atoms with Crippen LogP contribution >= 0.6 is 0 Å². The van der Waals surface area contributed by atoms with Crippen LogP contribution in [0.15, 0.2) is 24.3 Å². The highest BCUT2D eigenvalue weighted by atomic mass is 16.6. The van der Waals surface area contributed by atoms with Gasteiger partial charge in [0.05, 0.1) is 6.61 Å². The number of phenols is 1. The minimum atomic E-state index is -0.676. The van der Waals surface area contributed by atoms with Gasteiger partial charge in [-0.15, -0.1) is 0 Å². The largest absolute Gasteiger partial charge is 0.508 e. The van der Waals surface area contributed by atoms with Gasteiger partial charge in [-0.05, 0) is 25.5 Å². The second kappa shape index (κ2) is 12.7. The number of esters is 1. The molecule has 0 amide bonds. The lowest BCUT2D eigenvalue weighted by atomic mass is 10.1. The average molecular weight is 336 g/mol. The maximum Gasteiger partial charge on any atom is 0.347 e. The number of aromatic hydroxyl groups is 1. The summed E-state index contributed by atoms with van der Waals surface area (Å²) in [6.45, 7) is 4.34. The summed E-state index contributed by atoms with van der Waals surface area (Å²) in [6.07, 6.45) is 10.4. The highest BCUT2D eigenvalue weighted by molar-refractivity contribution is 5.74. The van der Waals surface area contributed by atoms with E-state index in [0.717, 1.165) is 12.8 Å². The van der Waals surface area contributed by atoms with Gasteiger partial charge in [-0.2, -0.15) is 0 Å². The van der Waals surface area contributed by atoms with Crippen molar-refractivity contribution in [3.05, 3.63) is 24.3 Å². The summed E-state index contributed by atoms with van der Waals surface area (Å²) in [5.41, 5.74) is 0. The quantitative estimate of drug-likeness (QED) is 0.396. The molecule has 0 saturated heterocycles. The molecule has 0 bridgehead atoms. The summed E-state index contributed by atoms with van der Waals surface area (Å²) < 4.78 is 10.7. The Morgan fingerprint density at radius 1 is 1.04 bits per heavy atom. The minimum absolute atomic E-state index is 0.114. The third-order valence-electron chi connectivity index (χ3n) is 3.95. The summed E-state index contributed by atoms with van der Waals surface area (Å²) in [4.78, 5) is 11.9. The maximum absolute atomic E-state index is 11.9. The fourth-order valence-electron chi connectivity index (χ4n) is 2.51. The summed E-state index contributed by atoms with van der Waals surface area (Å²) in [5, 5.41) is 9.37. The molecule has 136 valence electrons. The molecule has 1 rings (SSSR count). The number of carbonyl (C=O) groups is 1. The zero-order valence-electron chi connectivity index (χ0n) is 15.1. The molecular weight excluding hydrogens is 304 g/mol. The molecule has 0 spiro atoms. The van der Waals surface area contributed by atoms with Crippen molar-refractivity contribution < 1.29 is 19.4 Å². The third kappa shape index (κ3) is 9.43. The number of ether oxygens (including phenoxy) is 2. The van der Waals surface area contributed by atoms with Crippen LogP contribution in [0.25, 0.3) is 0 Å². The molecule has 1 aromatic rings. The number of hydrogen-bond acceptors (Lipinski definition) is 4. The first kappa shape index (κ1) is 20.3. The first-order valence-corrected chi connectivity index (χ1v) is 9.25. The fourth-order valence-corrected chi connectivity index (χ4v) is 2.51. The molecule has 1 aromatic carbocycles. The van der Waals surface area contributed by atoms with Crippen molar-refractivity contribution in [2.24, 2.45) is 0 Å². The van der Waals surface area contributed by atoms with E-state index < -0.39 is 6.10 Å². The van der Waals surface area contributed by atoms with Gasteiger partial charge in [-0.1, -0.05) is 64.4 Å². The van der Waals surface area contributed by atoms with Gasteiger partial charge in [0.15, 0.2) is 6.10 Å². The highest BCUT2D eigenvalue weighted by Gasteiger charge is 2.16. The average Bonchev–Trinajstić information content (AvgIpc) is 2.56. The van der Waals surface area contributed by atoms with Gasteiger partial charge in [-0.25, -0.2) is 4.79 Å². The first-order valence-electron chi connectivity index (χ1n) is 9.25. The molecule has 0 radical (unpaired) electrons. The van der Waals surface area contributed by atoms with E-state index in [0.29, 0.717) is 12.4 Å². The van der Waals surface area contributed by atoms with Crippen LogP contribution in [-0.2, 0) is 9.53 Å². The summed E-state index contributed by atoms with van der Waals surface area (Å²) in [6, 6.07) is 6.40. The molecule has 1 unspecified atom stereocenters. The molecule has 0 saturated carbocycles. The van der Waals surface area contributed by atoms with Crippen LogP contribution in [-0.4, -0.2) is 23.8 Å². The van der Waals surface area contributed by atoms with Gasteiger partial charge in [0.1, 0.15) is 11.5 Å². The Kier molecular flexibility index (Phi) is 10.7. The van der Waals surface area contributed by atoms with Crippen LogP contribution in [0.5, 0.6) is 11.5 Å². The Hall–Kier alpha value is -1.71.